The molecule has 0 spiro atoms. The molecule has 1 heteroatoms. The molecule has 0 aliphatic rings. The summed E-state index contributed by atoms with van der Waals surface area (Å²) in [5.74, 6) is 0. The van der Waals surface area contributed by atoms with Crippen LogP contribution < -0.4 is 5.32 Å². The first-order valence-corrected chi connectivity index (χ1v) is 7.78. The first-order chi connectivity index (χ1) is 8.96. The Morgan fingerprint density at radius 3 is 2.16 bits per heavy atom. The van der Waals surface area contributed by atoms with Gasteiger partial charge in [0.15, 0.2) is 0 Å². The van der Waals surface area contributed by atoms with E-state index >= 15 is 0 Å². The molecule has 0 aliphatic heterocycles. The van der Waals surface area contributed by atoms with Gasteiger partial charge in [-0.25, -0.2) is 0 Å². The van der Waals surface area contributed by atoms with Crippen LogP contribution >= 0.6 is 0 Å². The Labute approximate surface area is 119 Å². The lowest BCUT2D eigenvalue weighted by Crippen LogP contribution is -2.25. The first kappa shape index (κ1) is 16.2. The van der Waals surface area contributed by atoms with Crippen LogP contribution in [0.3, 0.4) is 0 Å². The molecule has 0 aliphatic carbocycles. The van der Waals surface area contributed by atoms with Crippen LogP contribution in [0.25, 0.3) is 0 Å². The van der Waals surface area contributed by atoms with E-state index < -0.39 is 0 Å². The summed E-state index contributed by atoms with van der Waals surface area (Å²) in [6, 6.07) is 9.70. The first-order valence-electron chi connectivity index (χ1n) is 7.78. The van der Waals surface area contributed by atoms with Gasteiger partial charge in [-0.15, -0.1) is 0 Å². The monoisotopic (exact) mass is 261 g/mol. The van der Waals surface area contributed by atoms with Crippen molar-refractivity contribution in [1.82, 2.24) is 5.32 Å². The smallest absolute Gasteiger partial charge is 0.0325 e. The molecule has 0 heterocycles. The summed E-state index contributed by atoms with van der Waals surface area (Å²) in [5.41, 5.74) is 3.25. The molecule has 0 saturated heterocycles. The fourth-order valence-corrected chi connectivity index (χ4v) is 2.46. The van der Waals surface area contributed by atoms with Gasteiger partial charge >= 0.3 is 0 Å². The fourth-order valence-electron chi connectivity index (χ4n) is 2.46. The number of nitrogens with one attached hydrogen (secondary N) is 1. The topological polar surface area (TPSA) is 12.0 Å². The van der Waals surface area contributed by atoms with Crippen LogP contribution in [0.1, 0.15) is 71.0 Å². The molecule has 1 atom stereocenters. The zero-order valence-corrected chi connectivity index (χ0v) is 13.4. The maximum absolute atomic E-state index is 3.62. The van der Waals surface area contributed by atoms with Crippen molar-refractivity contribution in [2.24, 2.45) is 5.41 Å². The Morgan fingerprint density at radius 1 is 1.05 bits per heavy atom. The Bertz CT molecular complexity index is 345. The minimum atomic E-state index is 0.355. The number of aryl methyl sites for hydroxylation is 1. The van der Waals surface area contributed by atoms with Gasteiger partial charge in [-0.2, -0.15) is 0 Å². The second kappa shape index (κ2) is 7.69. The third kappa shape index (κ3) is 6.24. The van der Waals surface area contributed by atoms with Crippen molar-refractivity contribution in [3.05, 3.63) is 35.4 Å². The molecule has 108 valence electrons. The molecule has 1 aromatic carbocycles. The van der Waals surface area contributed by atoms with E-state index in [2.05, 4.69) is 64.2 Å². The van der Waals surface area contributed by atoms with E-state index in [9.17, 15) is 0 Å². The molecule has 1 rings (SSSR count). The average molecular weight is 261 g/mol. The van der Waals surface area contributed by atoms with E-state index in [-0.39, 0.29) is 0 Å². The SMILES string of the molecule is CCCCc1ccc(C(CC(C)(C)C)NCC)cc1. The lowest BCUT2D eigenvalue weighted by molar-refractivity contribution is 0.314. The highest BCUT2D eigenvalue weighted by Crippen LogP contribution is 2.29. The van der Waals surface area contributed by atoms with Crippen LogP contribution in [0.4, 0.5) is 0 Å². The number of hydrogen-bond donors (Lipinski definition) is 1. The molecule has 0 saturated carbocycles. The van der Waals surface area contributed by atoms with Crippen LogP contribution in [0.2, 0.25) is 0 Å². The Kier molecular flexibility index (Phi) is 6.57. The predicted molar refractivity (Wildman–Crippen MR) is 85.5 cm³/mol. The second-order valence-corrected chi connectivity index (χ2v) is 6.72. The van der Waals surface area contributed by atoms with Gasteiger partial charge in [0, 0.05) is 6.04 Å². The molecular formula is C18H31N. The summed E-state index contributed by atoms with van der Waals surface area (Å²) in [7, 11) is 0. The second-order valence-electron chi connectivity index (χ2n) is 6.72. The molecule has 0 radical (unpaired) electrons. The molecule has 0 aromatic heterocycles. The standard InChI is InChI=1S/C18H31N/c1-6-8-9-15-10-12-16(13-11-15)17(19-7-2)14-18(3,4)5/h10-13,17,19H,6-9,14H2,1-5H3. The van der Waals surface area contributed by atoms with Crippen molar-refractivity contribution in [3.63, 3.8) is 0 Å². The number of rotatable bonds is 7. The number of benzene rings is 1. The Hall–Kier alpha value is -0.820. The minimum Gasteiger partial charge on any atom is -0.310 e. The van der Waals surface area contributed by atoms with Crippen molar-refractivity contribution in [2.75, 3.05) is 6.54 Å². The zero-order valence-electron chi connectivity index (χ0n) is 13.4. The van der Waals surface area contributed by atoms with Crippen molar-refractivity contribution in [1.29, 1.82) is 0 Å². The quantitative estimate of drug-likeness (QED) is 0.718. The highest BCUT2D eigenvalue weighted by atomic mass is 14.9. The van der Waals surface area contributed by atoms with Gasteiger partial charge in [-0.05, 0) is 42.3 Å². The van der Waals surface area contributed by atoms with Gasteiger partial charge < -0.3 is 5.32 Å². The van der Waals surface area contributed by atoms with E-state index in [1.54, 1.807) is 0 Å². The van der Waals surface area contributed by atoms with Crippen LogP contribution in [0, 0.1) is 5.41 Å². The summed E-state index contributed by atoms with van der Waals surface area (Å²) in [6.07, 6.45) is 4.95. The van der Waals surface area contributed by atoms with Crippen molar-refractivity contribution in [3.8, 4) is 0 Å². The fraction of sp³-hybridized carbons (Fsp3) is 0.667. The van der Waals surface area contributed by atoms with Crippen molar-refractivity contribution >= 4 is 0 Å². The maximum atomic E-state index is 3.62. The highest BCUT2D eigenvalue weighted by molar-refractivity contribution is 5.25. The lowest BCUT2D eigenvalue weighted by atomic mass is 9.85. The van der Waals surface area contributed by atoms with E-state index in [1.807, 2.05) is 0 Å². The van der Waals surface area contributed by atoms with Gasteiger partial charge in [-0.1, -0.05) is 65.3 Å². The normalized spacial score (nSPS) is 13.5. The van der Waals surface area contributed by atoms with Gasteiger partial charge in [0.1, 0.15) is 0 Å². The van der Waals surface area contributed by atoms with Gasteiger partial charge in [0.05, 0.1) is 0 Å². The van der Waals surface area contributed by atoms with Crippen LogP contribution in [-0.2, 0) is 6.42 Å². The Balaban J connectivity index is 2.73. The molecule has 1 nitrogen and oxygen atoms in total. The molecular weight excluding hydrogens is 230 g/mol. The summed E-state index contributed by atoms with van der Waals surface area (Å²) < 4.78 is 0. The summed E-state index contributed by atoms with van der Waals surface area (Å²) in [5, 5.41) is 3.62. The van der Waals surface area contributed by atoms with Crippen LogP contribution in [0.5, 0.6) is 0 Å². The van der Waals surface area contributed by atoms with E-state index in [0.717, 1.165) is 6.54 Å². The summed E-state index contributed by atoms with van der Waals surface area (Å²) in [4.78, 5) is 0. The summed E-state index contributed by atoms with van der Waals surface area (Å²) in [6.45, 7) is 12.4. The number of hydrogen-bond acceptors (Lipinski definition) is 1. The molecule has 1 unspecified atom stereocenters. The van der Waals surface area contributed by atoms with Gasteiger partial charge in [0.2, 0.25) is 0 Å². The van der Waals surface area contributed by atoms with Crippen LogP contribution in [0.15, 0.2) is 24.3 Å². The number of unbranched alkanes of at least 4 members (excludes halogenated alkanes) is 1. The molecule has 19 heavy (non-hydrogen) atoms. The zero-order chi connectivity index (χ0) is 14.3. The van der Waals surface area contributed by atoms with Gasteiger partial charge in [-0.3, -0.25) is 0 Å². The van der Waals surface area contributed by atoms with Crippen molar-refractivity contribution in [2.45, 2.75) is 66.3 Å². The predicted octanol–water partition coefficient (Wildman–Crippen LogP) is 5.12. The maximum Gasteiger partial charge on any atom is 0.0325 e. The highest BCUT2D eigenvalue weighted by Gasteiger charge is 2.19. The van der Waals surface area contributed by atoms with E-state index in [4.69, 9.17) is 0 Å². The van der Waals surface area contributed by atoms with Crippen LogP contribution in [-0.4, -0.2) is 6.54 Å². The van der Waals surface area contributed by atoms with E-state index in [0.29, 0.717) is 11.5 Å². The van der Waals surface area contributed by atoms with Gasteiger partial charge in [0.25, 0.3) is 0 Å². The molecule has 1 aromatic rings. The minimum absolute atomic E-state index is 0.355. The third-order valence-electron chi connectivity index (χ3n) is 3.47. The van der Waals surface area contributed by atoms with E-state index in [1.165, 1.54) is 36.8 Å². The molecule has 1 N–H and O–H groups in total. The summed E-state index contributed by atoms with van der Waals surface area (Å²) >= 11 is 0. The molecule has 0 bridgehead atoms. The molecule has 0 fully saturated rings. The third-order valence-corrected chi connectivity index (χ3v) is 3.47. The average Bonchev–Trinajstić information content (AvgIpc) is 2.35. The Morgan fingerprint density at radius 2 is 1.68 bits per heavy atom. The molecule has 0 amide bonds. The van der Waals surface area contributed by atoms with Crippen molar-refractivity contribution < 1.29 is 0 Å². The largest absolute Gasteiger partial charge is 0.310 e. The lowest BCUT2D eigenvalue weighted by Gasteiger charge is -2.27.